The molecule has 0 aliphatic heterocycles. The first kappa shape index (κ1) is 17.5. The lowest BCUT2D eigenvalue weighted by Gasteiger charge is -2.21. The molecule has 1 heterocycles. The predicted octanol–water partition coefficient (Wildman–Crippen LogP) is 2.30. The van der Waals surface area contributed by atoms with Crippen LogP contribution in [0.3, 0.4) is 0 Å². The van der Waals surface area contributed by atoms with E-state index in [1.54, 1.807) is 0 Å². The van der Waals surface area contributed by atoms with Gasteiger partial charge in [0, 0.05) is 31.9 Å². The van der Waals surface area contributed by atoms with E-state index in [4.69, 9.17) is 4.74 Å². The summed E-state index contributed by atoms with van der Waals surface area (Å²) >= 11 is 0. The van der Waals surface area contributed by atoms with Crippen molar-refractivity contribution in [2.45, 2.75) is 65.8 Å². The SMILES string of the molecule is CCCn1cncc1CNC(C)CNC(=O)OC(C)(C)C. The van der Waals surface area contributed by atoms with E-state index in [9.17, 15) is 4.79 Å². The molecule has 1 aromatic heterocycles. The van der Waals surface area contributed by atoms with E-state index in [2.05, 4.69) is 27.1 Å². The highest BCUT2D eigenvalue weighted by Crippen LogP contribution is 2.06. The molecule has 0 fully saturated rings. The standard InChI is InChI=1S/C15H28N4O2/c1-6-7-19-11-16-9-13(19)10-17-12(2)8-18-14(20)21-15(3,4)5/h9,11-12,17H,6-8,10H2,1-5H3,(H,18,20). The van der Waals surface area contributed by atoms with E-state index in [1.165, 1.54) is 0 Å². The number of aromatic nitrogens is 2. The lowest BCUT2D eigenvalue weighted by atomic mass is 10.2. The minimum atomic E-state index is -0.465. The van der Waals surface area contributed by atoms with Crippen LogP contribution in [0, 0.1) is 0 Å². The van der Waals surface area contributed by atoms with Crippen molar-refractivity contribution in [2.24, 2.45) is 0 Å². The number of nitrogens with one attached hydrogen (secondary N) is 2. The van der Waals surface area contributed by atoms with Gasteiger partial charge in [-0.1, -0.05) is 6.92 Å². The van der Waals surface area contributed by atoms with Crippen LogP contribution in [0.15, 0.2) is 12.5 Å². The lowest BCUT2D eigenvalue weighted by molar-refractivity contribution is 0.0523. The zero-order valence-corrected chi connectivity index (χ0v) is 13.8. The molecule has 0 aliphatic rings. The van der Waals surface area contributed by atoms with Gasteiger partial charge in [0.15, 0.2) is 0 Å². The summed E-state index contributed by atoms with van der Waals surface area (Å²) in [6, 6.07) is 0.155. The Hall–Kier alpha value is -1.56. The average molecular weight is 296 g/mol. The van der Waals surface area contributed by atoms with E-state index in [-0.39, 0.29) is 12.1 Å². The molecule has 1 amide bonds. The Morgan fingerprint density at radius 2 is 2.19 bits per heavy atom. The molecule has 120 valence electrons. The van der Waals surface area contributed by atoms with Gasteiger partial charge in [0.05, 0.1) is 12.0 Å². The molecule has 6 nitrogen and oxygen atoms in total. The molecule has 0 aliphatic carbocycles. The van der Waals surface area contributed by atoms with Gasteiger partial charge in [-0.2, -0.15) is 0 Å². The predicted molar refractivity (Wildman–Crippen MR) is 83.1 cm³/mol. The highest BCUT2D eigenvalue weighted by atomic mass is 16.6. The lowest BCUT2D eigenvalue weighted by Crippen LogP contribution is -2.41. The largest absolute Gasteiger partial charge is 0.444 e. The molecule has 0 spiro atoms. The number of rotatable bonds is 7. The van der Waals surface area contributed by atoms with Gasteiger partial charge in [-0.05, 0) is 34.1 Å². The van der Waals surface area contributed by atoms with Crippen LogP contribution in [0.4, 0.5) is 4.79 Å². The van der Waals surface area contributed by atoms with Crippen molar-refractivity contribution in [3.8, 4) is 0 Å². The smallest absolute Gasteiger partial charge is 0.407 e. The molecule has 0 aromatic carbocycles. The highest BCUT2D eigenvalue weighted by molar-refractivity contribution is 5.67. The third-order valence-electron chi connectivity index (χ3n) is 2.85. The summed E-state index contributed by atoms with van der Waals surface area (Å²) in [7, 11) is 0. The van der Waals surface area contributed by atoms with Crippen LogP contribution in [0.5, 0.6) is 0 Å². The van der Waals surface area contributed by atoms with Gasteiger partial charge in [0.1, 0.15) is 5.60 Å². The number of alkyl carbamates (subject to hydrolysis) is 1. The molecule has 0 radical (unpaired) electrons. The summed E-state index contributed by atoms with van der Waals surface area (Å²) in [6.45, 7) is 12.0. The molecule has 0 saturated carbocycles. The molecule has 2 N–H and O–H groups in total. The van der Waals surface area contributed by atoms with E-state index in [1.807, 2.05) is 40.2 Å². The van der Waals surface area contributed by atoms with Crippen LogP contribution < -0.4 is 10.6 Å². The first-order valence-corrected chi connectivity index (χ1v) is 7.51. The second-order valence-corrected chi connectivity index (χ2v) is 6.24. The highest BCUT2D eigenvalue weighted by Gasteiger charge is 2.16. The van der Waals surface area contributed by atoms with E-state index < -0.39 is 5.60 Å². The van der Waals surface area contributed by atoms with Crippen LogP contribution in [0.2, 0.25) is 0 Å². The number of nitrogens with zero attached hydrogens (tertiary/aromatic N) is 2. The third kappa shape index (κ3) is 7.13. The molecule has 6 heteroatoms. The summed E-state index contributed by atoms with van der Waals surface area (Å²) in [5.41, 5.74) is 0.689. The van der Waals surface area contributed by atoms with Crippen molar-refractivity contribution in [3.05, 3.63) is 18.2 Å². The molecule has 0 bridgehead atoms. The van der Waals surface area contributed by atoms with Gasteiger partial charge in [-0.3, -0.25) is 0 Å². The second-order valence-electron chi connectivity index (χ2n) is 6.24. The number of aryl methyl sites for hydroxylation is 1. The number of imidazole rings is 1. The van der Waals surface area contributed by atoms with Crippen LogP contribution in [-0.2, 0) is 17.8 Å². The van der Waals surface area contributed by atoms with E-state index in [0.717, 1.165) is 25.2 Å². The number of amides is 1. The van der Waals surface area contributed by atoms with Crippen molar-refractivity contribution >= 4 is 6.09 Å². The fourth-order valence-electron chi connectivity index (χ4n) is 1.84. The van der Waals surface area contributed by atoms with Gasteiger partial charge < -0.3 is 19.9 Å². The molecule has 1 atom stereocenters. The summed E-state index contributed by atoms with van der Waals surface area (Å²) in [6.07, 6.45) is 4.42. The van der Waals surface area contributed by atoms with Crippen molar-refractivity contribution < 1.29 is 9.53 Å². The fourth-order valence-corrected chi connectivity index (χ4v) is 1.84. The minimum Gasteiger partial charge on any atom is -0.444 e. The third-order valence-corrected chi connectivity index (χ3v) is 2.85. The molecule has 21 heavy (non-hydrogen) atoms. The van der Waals surface area contributed by atoms with Gasteiger partial charge in [0.25, 0.3) is 0 Å². The van der Waals surface area contributed by atoms with Crippen LogP contribution in [-0.4, -0.2) is 33.8 Å². The zero-order chi connectivity index (χ0) is 15.9. The first-order valence-electron chi connectivity index (χ1n) is 7.51. The number of hydrogen-bond acceptors (Lipinski definition) is 4. The fraction of sp³-hybridized carbons (Fsp3) is 0.733. The quantitative estimate of drug-likeness (QED) is 0.810. The summed E-state index contributed by atoms with van der Waals surface area (Å²) < 4.78 is 7.34. The molecule has 1 rings (SSSR count). The number of hydrogen-bond donors (Lipinski definition) is 2. The van der Waals surface area contributed by atoms with Crippen molar-refractivity contribution in [2.75, 3.05) is 6.54 Å². The molecule has 1 aromatic rings. The van der Waals surface area contributed by atoms with Gasteiger partial charge in [0.2, 0.25) is 0 Å². The van der Waals surface area contributed by atoms with Crippen LogP contribution >= 0.6 is 0 Å². The number of carbonyl (C=O) groups is 1. The Morgan fingerprint density at radius 3 is 2.81 bits per heavy atom. The molecular formula is C15H28N4O2. The average Bonchev–Trinajstić information content (AvgIpc) is 2.80. The minimum absolute atomic E-state index is 0.155. The number of ether oxygens (including phenoxy) is 1. The van der Waals surface area contributed by atoms with E-state index in [0.29, 0.717) is 6.54 Å². The van der Waals surface area contributed by atoms with Crippen molar-refractivity contribution in [1.82, 2.24) is 20.2 Å². The van der Waals surface area contributed by atoms with Crippen LogP contribution in [0.1, 0.15) is 46.7 Å². The Balaban J connectivity index is 2.29. The Morgan fingerprint density at radius 1 is 1.48 bits per heavy atom. The van der Waals surface area contributed by atoms with Gasteiger partial charge in [-0.15, -0.1) is 0 Å². The summed E-state index contributed by atoms with van der Waals surface area (Å²) in [5, 5.41) is 6.13. The maximum absolute atomic E-state index is 11.6. The van der Waals surface area contributed by atoms with Crippen molar-refractivity contribution in [3.63, 3.8) is 0 Å². The summed E-state index contributed by atoms with van der Waals surface area (Å²) in [5.74, 6) is 0. The topological polar surface area (TPSA) is 68.2 Å². The maximum Gasteiger partial charge on any atom is 0.407 e. The first-order chi connectivity index (χ1) is 9.81. The Labute approximate surface area is 127 Å². The molecular weight excluding hydrogens is 268 g/mol. The van der Waals surface area contributed by atoms with Gasteiger partial charge >= 0.3 is 6.09 Å². The summed E-state index contributed by atoms with van der Waals surface area (Å²) in [4.78, 5) is 15.7. The molecule has 1 unspecified atom stereocenters. The van der Waals surface area contributed by atoms with Crippen molar-refractivity contribution in [1.29, 1.82) is 0 Å². The Kier molecular flexibility index (Phi) is 6.68. The molecule has 0 saturated heterocycles. The number of carbonyl (C=O) groups excluding carboxylic acids is 1. The Bertz CT molecular complexity index is 437. The monoisotopic (exact) mass is 296 g/mol. The normalized spacial score (nSPS) is 13.0. The zero-order valence-electron chi connectivity index (χ0n) is 13.8. The van der Waals surface area contributed by atoms with Crippen LogP contribution in [0.25, 0.3) is 0 Å². The van der Waals surface area contributed by atoms with E-state index >= 15 is 0 Å². The maximum atomic E-state index is 11.6. The van der Waals surface area contributed by atoms with Gasteiger partial charge in [-0.25, -0.2) is 9.78 Å². The second kappa shape index (κ2) is 8.02.